The van der Waals surface area contributed by atoms with Crippen LogP contribution in [0.3, 0.4) is 0 Å². The molecule has 6 heteroatoms. The van der Waals surface area contributed by atoms with Crippen LogP contribution >= 0.6 is 11.6 Å². The fourth-order valence-corrected chi connectivity index (χ4v) is 1.59. The Balaban J connectivity index is 1.94. The molecule has 2 rings (SSSR count). The van der Waals surface area contributed by atoms with Crippen LogP contribution in [0.15, 0.2) is 47.4 Å². The Hall–Kier alpha value is -2.27. The number of pyridine rings is 1. The minimum atomic E-state index is -0.392. The molecule has 0 aliphatic heterocycles. The van der Waals surface area contributed by atoms with Gasteiger partial charge in [-0.15, -0.1) is 0 Å². The molecule has 2 aromatic rings. The molecular weight excluding hydrogens is 268 g/mol. The number of H-pyrrole nitrogens is 1. The summed E-state index contributed by atoms with van der Waals surface area (Å²) in [7, 11) is 0. The molecule has 1 amide bonds. The minimum Gasteiger partial charge on any atom is -0.478 e. The van der Waals surface area contributed by atoms with Gasteiger partial charge < -0.3 is 15.0 Å². The maximum atomic E-state index is 11.6. The Morgan fingerprint density at radius 3 is 2.79 bits per heavy atom. The number of hydrogen-bond acceptors (Lipinski definition) is 3. The first kappa shape index (κ1) is 13.2. The Bertz CT molecular complexity index is 640. The number of benzene rings is 1. The lowest BCUT2D eigenvalue weighted by Crippen LogP contribution is -2.22. The molecule has 1 aromatic carbocycles. The second-order valence-electron chi connectivity index (χ2n) is 3.68. The molecule has 0 unspecified atom stereocenters. The van der Waals surface area contributed by atoms with E-state index < -0.39 is 5.91 Å². The van der Waals surface area contributed by atoms with E-state index in [0.717, 1.165) is 0 Å². The maximum absolute atomic E-state index is 11.6. The third-order valence-corrected chi connectivity index (χ3v) is 2.62. The molecule has 1 heterocycles. The minimum absolute atomic E-state index is 0.0943. The summed E-state index contributed by atoms with van der Waals surface area (Å²) in [5, 5.41) is 3.03. The van der Waals surface area contributed by atoms with Gasteiger partial charge in [-0.1, -0.05) is 23.7 Å². The number of carbonyl (C=O) groups is 1. The van der Waals surface area contributed by atoms with Crippen LogP contribution < -0.4 is 15.6 Å². The second-order valence-corrected chi connectivity index (χ2v) is 4.09. The van der Waals surface area contributed by atoms with Crippen molar-refractivity contribution in [2.75, 3.05) is 11.9 Å². The molecule has 98 valence electrons. The first-order chi connectivity index (χ1) is 9.16. The van der Waals surface area contributed by atoms with Gasteiger partial charge in [-0.2, -0.15) is 0 Å². The summed E-state index contributed by atoms with van der Waals surface area (Å²) < 4.78 is 5.11. The van der Waals surface area contributed by atoms with E-state index >= 15 is 0 Å². The van der Waals surface area contributed by atoms with Gasteiger partial charge in [0.2, 0.25) is 0 Å². The average Bonchev–Trinajstić information content (AvgIpc) is 2.40. The molecular formula is C13H11ClN2O3. The van der Waals surface area contributed by atoms with E-state index in [0.29, 0.717) is 10.7 Å². The summed E-state index contributed by atoms with van der Waals surface area (Å²) in [6.45, 7) is -0.266. The van der Waals surface area contributed by atoms with Crippen LogP contribution in [0, 0.1) is 0 Å². The third-order valence-electron chi connectivity index (χ3n) is 2.29. The molecule has 0 radical (unpaired) electrons. The summed E-state index contributed by atoms with van der Waals surface area (Å²) in [5.41, 5.74) is 0.118. The average molecular weight is 279 g/mol. The number of halogens is 1. The zero-order valence-corrected chi connectivity index (χ0v) is 10.6. The van der Waals surface area contributed by atoms with Crippen molar-refractivity contribution in [2.24, 2.45) is 0 Å². The molecule has 0 saturated carbocycles. The third kappa shape index (κ3) is 3.59. The largest absolute Gasteiger partial charge is 0.478 e. The first-order valence-corrected chi connectivity index (χ1v) is 5.89. The molecule has 0 aliphatic rings. The van der Waals surface area contributed by atoms with Crippen LogP contribution in [0.4, 0.5) is 5.69 Å². The topological polar surface area (TPSA) is 71.2 Å². The van der Waals surface area contributed by atoms with Crippen LogP contribution in [0.1, 0.15) is 0 Å². The zero-order valence-electron chi connectivity index (χ0n) is 9.85. The quantitative estimate of drug-likeness (QED) is 0.899. The van der Waals surface area contributed by atoms with Gasteiger partial charge in [0.25, 0.3) is 11.5 Å². The van der Waals surface area contributed by atoms with E-state index in [1.165, 1.54) is 12.3 Å². The molecule has 0 aliphatic carbocycles. The van der Waals surface area contributed by atoms with Gasteiger partial charge in [0.15, 0.2) is 12.4 Å². The number of carbonyl (C=O) groups excluding carboxylic acids is 1. The van der Waals surface area contributed by atoms with Crippen molar-refractivity contribution in [3.8, 4) is 5.75 Å². The van der Waals surface area contributed by atoms with E-state index in [9.17, 15) is 9.59 Å². The number of amides is 1. The number of hydrogen-bond donors (Lipinski definition) is 2. The highest BCUT2D eigenvalue weighted by atomic mass is 35.5. The number of rotatable bonds is 4. The lowest BCUT2D eigenvalue weighted by Gasteiger charge is -2.07. The van der Waals surface area contributed by atoms with Gasteiger partial charge >= 0.3 is 0 Å². The predicted octanol–water partition coefficient (Wildman–Crippen LogP) is 2.05. The van der Waals surface area contributed by atoms with E-state index in [1.807, 2.05) is 0 Å². The Kier molecular flexibility index (Phi) is 4.20. The number of para-hydroxylation sites is 1. The van der Waals surface area contributed by atoms with E-state index in [-0.39, 0.29) is 17.9 Å². The fourth-order valence-electron chi connectivity index (χ4n) is 1.41. The highest BCUT2D eigenvalue weighted by Gasteiger charge is 2.07. The molecule has 2 N–H and O–H groups in total. The van der Waals surface area contributed by atoms with Crippen molar-refractivity contribution in [3.05, 3.63) is 58.0 Å². The normalized spacial score (nSPS) is 9.95. The summed E-state index contributed by atoms with van der Waals surface area (Å²) in [6.07, 6.45) is 1.49. The molecule has 0 spiro atoms. The highest BCUT2D eigenvalue weighted by Crippen LogP contribution is 2.20. The van der Waals surface area contributed by atoms with Gasteiger partial charge in [0.05, 0.1) is 10.7 Å². The van der Waals surface area contributed by atoms with Crippen molar-refractivity contribution in [1.29, 1.82) is 0 Å². The van der Waals surface area contributed by atoms with Crippen molar-refractivity contribution < 1.29 is 9.53 Å². The number of anilines is 1. The SMILES string of the molecule is O=C(COc1ccc[nH]c1=O)Nc1ccccc1Cl. The molecule has 1 aromatic heterocycles. The Labute approximate surface area is 114 Å². The highest BCUT2D eigenvalue weighted by molar-refractivity contribution is 6.33. The van der Waals surface area contributed by atoms with Crippen molar-refractivity contribution in [3.63, 3.8) is 0 Å². The fraction of sp³-hybridized carbons (Fsp3) is 0.0769. The van der Waals surface area contributed by atoms with E-state index in [4.69, 9.17) is 16.3 Å². The number of nitrogens with one attached hydrogen (secondary N) is 2. The first-order valence-electron chi connectivity index (χ1n) is 5.51. The van der Waals surface area contributed by atoms with Crippen LogP contribution in [0.5, 0.6) is 5.75 Å². The predicted molar refractivity (Wildman–Crippen MR) is 72.6 cm³/mol. The molecule has 19 heavy (non-hydrogen) atoms. The van der Waals surface area contributed by atoms with Crippen LogP contribution in [-0.4, -0.2) is 17.5 Å². The van der Waals surface area contributed by atoms with Gasteiger partial charge in [-0.05, 0) is 24.3 Å². The van der Waals surface area contributed by atoms with Gasteiger partial charge in [0.1, 0.15) is 0 Å². The van der Waals surface area contributed by atoms with Crippen LogP contribution in [0.25, 0.3) is 0 Å². The summed E-state index contributed by atoms with van der Waals surface area (Å²) in [5.74, 6) is -0.298. The van der Waals surface area contributed by atoms with Gasteiger partial charge in [-0.25, -0.2) is 0 Å². The van der Waals surface area contributed by atoms with Gasteiger partial charge in [0, 0.05) is 6.20 Å². The summed E-state index contributed by atoms with van der Waals surface area (Å²) in [6, 6.07) is 9.96. The molecule has 0 bridgehead atoms. The van der Waals surface area contributed by atoms with Crippen LogP contribution in [-0.2, 0) is 4.79 Å². The summed E-state index contributed by atoms with van der Waals surface area (Å²) in [4.78, 5) is 25.4. The Morgan fingerprint density at radius 1 is 1.26 bits per heavy atom. The van der Waals surface area contributed by atoms with E-state index in [1.54, 1.807) is 30.3 Å². The molecule has 5 nitrogen and oxygen atoms in total. The monoisotopic (exact) mass is 278 g/mol. The van der Waals surface area contributed by atoms with Crippen molar-refractivity contribution in [2.45, 2.75) is 0 Å². The van der Waals surface area contributed by atoms with Crippen LogP contribution in [0.2, 0.25) is 5.02 Å². The van der Waals surface area contributed by atoms with Crippen molar-refractivity contribution >= 4 is 23.2 Å². The lowest BCUT2D eigenvalue weighted by atomic mass is 10.3. The Morgan fingerprint density at radius 2 is 2.05 bits per heavy atom. The summed E-state index contributed by atoms with van der Waals surface area (Å²) >= 11 is 5.90. The maximum Gasteiger partial charge on any atom is 0.290 e. The number of aromatic amines is 1. The zero-order chi connectivity index (χ0) is 13.7. The standard InChI is InChI=1S/C13H11ClN2O3/c14-9-4-1-2-5-10(9)16-12(17)8-19-11-6-3-7-15-13(11)18/h1-7H,8H2,(H,15,18)(H,16,17). The van der Waals surface area contributed by atoms with Gasteiger partial charge in [-0.3, -0.25) is 9.59 Å². The second kappa shape index (κ2) is 6.06. The molecule has 0 atom stereocenters. The van der Waals surface area contributed by atoms with E-state index in [2.05, 4.69) is 10.3 Å². The number of aromatic nitrogens is 1. The lowest BCUT2D eigenvalue weighted by molar-refractivity contribution is -0.118. The number of ether oxygens (including phenoxy) is 1. The smallest absolute Gasteiger partial charge is 0.290 e. The molecule has 0 saturated heterocycles. The van der Waals surface area contributed by atoms with Crippen molar-refractivity contribution in [1.82, 2.24) is 4.98 Å². The molecule has 0 fully saturated rings.